The average molecular weight is 335 g/mol. The van der Waals surface area contributed by atoms with Gasteiger partial charge in [-0.2, -0.15) is 5.10 Å². The average Bonchev–Trinajstić information content (AvgIpc) is 3.32. The molecule has 1 N–H and O–H groups in total. The zero-order chi connectivity index (χ0) is 16.8. The lowest BCUT2D eigenvalue weighted by Crippen LogP contribution is -2.48. The molecule has 1 aromatic rings. The van der Waals surface area contributed by atoms with Crippen molar-refractivity contribution < 1.29 is 9.47 Å². The van der Waals surface area contributed by atoms with Gasteiger partial charge < -0.3 is 19.7 Å². The summed E-state index contributed by atoms with van der Waals surface area (Å²) in [6.07, 6.45) is 6.60. The molecule has 1 atom stereocenters. The Balaban J connectivity index is 1.52. The van der Waals surface area contributed by atoms with Crippen LogP contribution in [0.1, 0.15) is 31.4 Å². The highest BCUT2D eigenvalue weighted by molar-refractivity contribution is 5.80. The summed E-state index contributed by atoms with van der Waals surface area (Å²) >= 11 is 0. The normalized spacial score (nSPS) is 22.0. The largest absolute Gasteiger partial charge is 0.379 e. The number of aromatic nitrogens is 2. The van der Waals surface area contributed by atoms with E-state index >= 15 is 0 Å². The minimum Gasteiger partial charge on any atom is -0.379 e. The van der Waals surface area contributed by atoms with Crippen molar-refractivity contribution in [2.45, 2.75) is 25.9 Å². The Morgan fingerprint density at radius 3 is 3.08 bits per heavy atom. The van der Waals surface area contributed by atoms with Crippen molar-refractivity contribution in [1.29, 1.82) is 0 Å². The van der Waals surface area contributed by atoms with Crippen molar-refractivity contribution in [1.82, 2.24) is 20.0 Å². The SMILES string of the molecule is CCNC(=NCCOCC1CC1)N1CCOC(c2cnn(C)c2)C1. The van der Waals surface area contributed by atoms with Crippen LogP contribution in [0.15, 0.2) is 17.4 Å². The van der Waals surface area contributed by atoms with E-state index < -0.39 is 0 Å². The highest BCUT2D eigenvalue weighted by Crippen LogP contribution is 2.28. The van der Waals surface area contributed by atoms with Crippen LogP contribution in [0.3, 0.4) is 0 Å². The van der Waals surface area contributed by atoms with Gasteiger partial charge in [0.1, 0.15) is 6.10 Å². The molecule has 1 aliphatic carbocycles. The number of nitrogens with one attached hydrogen (secondary N) is 1. The van der Waals surface area contributed by atoms with Gasteiger partial charge in [0.25, 0.3) is 0 Å². The predicted octanol–water partition coefficient (Wildman–Crippen LogP) is 1.19. The molecule has 0 spiro atoms. The maximum absolute atomic E-state index is 5.91. The van der Waals surface area contributed by atoms with Crippen molar-refractivity contribution >= 4 is 5.96 Å². The van der Waals surface area contributed by atoms with E-state index in [1.54, 1.807) is 0 Å². The quantitative estimate of drug-likeness (QED) is 0.461. The van der Waals surface area contributed by atoms with Crippen molar-refractivity contribution in [2.75, 3.05) is 46.0 Å². The van der Waals surface area contributed by atoms with Gasteiger partial charge in [0.2, 0.25) is 0 Å². The number of aryl methyl sites for hydroxylation is 1. The van der Waals surface area contributed by atoms with Crippen LogP contribution in [-0.4, -0.2) is 66.6 Å². The van der Waals surface area contributed by atoms with Crippen LogP contribution in [0, 0.1) is 5.92 Å². The number of nitrogens with zero attached hydrogens (tertiary/aromatic N) is 4. The molecule has 24 heavy (non-hydrogen) atoms. The molecule has 2 heterocycles. The fourth-order valence-corrected chi connectivity index (χ4v) is 2.83. The maximum atomic E-state index is 5.91. The Morgan fingerprint density at radius 2 is 2.38 bits per heavy atom. The smallest absolute Gasteiger partial charge is 0.194 e. The fraction of sp³-hybridized carbons (Fsp3) is 0.765. The van der Waals surface area contributed by atoms with Gasteiger partial charge in [-0.05, 0) is 25.7 Å². The van der Waals surface area contributed by atoms with Gasteiger partial charge in [-0.3, -0.25) is 9.67 Å². The molecule has 3 rings (SSSR count). The number of hydrogen-bond donors (Lipinski definition) is 1. The van der Waals surface area contributed by atoms with Gasteiger partial charge in [0, 0.05) is 38.5 Å². The molecule has 1 unspecified atom stereocenters. The van der Waals surface area contributed by atoms with E-state index in [0.717, 1.165) is 43.7 Å². The second-order valence-corrected chi connectivity index (χ2v) is 6.51. The first-order valence-corrected chi connectivity index (χ1v) is 8.97. The monoisotopic (exact) mass is 335 g/mol. The summed E-state index contributed by atoms with van der Waals surface area (Å²) in [7, 11) is 1.93. The van der Waals surface area contributed by atoms with Crippen LogP contribution in [0.4, 0.5) is 0 Å². The predicted molar refractivity (Wildman–Crippen MR) is 93.0 cm³/mol. The van der Waals surface area contributed by atoms with Crippen LogP contribution >= 0.6 is 0 Å². The Kier molecular flexibility index (Phi) is 6.09. The number of aliphatic imine (C=N–C) groups is 1. The van der Waals surface area contributed by atoms with Gasteiger partial charge in [0.05, 0.1) is 32.5 Å². The maximum Gasteiger partial charge on any atom is 0.194 e. The molecule has 0 amide bonds. The minimum atomic E-state index is 0.0439. The van der Waals surface area contributed by atoms with E-state index in [9.17, 15) is 0 Å². The third-order valence-corrected chi connectivity index (χ3v) is 4.35. The topological polar surface area (TPSA) is 63.9 Å². The molecule has 1 aliphatic heterocycles. The van der Waals surface area contributed by atoms with E-state index in [0.29, 0.717) is 19.8 Å². The Bertz CT molecular complexity index is 541. The number of guanidine groups is 1. The summed E-state index contributed by atoms with van der Waals surface area (Å²) in [5, 5.41) is 7.63. The fourth-order valence-electron chi connectivity index (χ4n) is 2.83. The van der Waals surface area contributed by atoms with Crippen molar-refractivity contribution in [3.8, 4) is 0 Å². The zero-order valence-electron chi connectivity index (χ0n) is 14.8. The molecule has 1 saturated heterocycles. The standard InChI is InChI=1S/C17H29N5O2/c1-3-18-17(19-6-8-23-13-14-4-5-14)22-7-9-24-16(12-22)15-10-20-21(2)11-15/h10-11,14,16H,3-9,12-13H2,1-2H3,(H,18,19). The molecule has 2 fully saturated rings. The van der Waals surface area contributed by atoms with Crippen LogP contribution < -0.4 is 5.32 Å². The van der Waals surface area contributed by atoms with Gasteiger partial charge >= 0.3 is 0 Å². The Labute approximate surface area is 144 Å². The van der Waals surface area contributed by atoms with E-state index in [-0.39, 0.29) is 6.10 Å². The molecule has 2 aliphatic rings. The summed E-state index contributed by atoms with van der Waals surface area (Å²) in [6.45, 7) is 7.58. The highest BCUT2D eigenvalue weighted by Gasteiger charge is 2.25. The van der Waals surface area contributed by atoms with Crippen LogP contribution in [-0.2, 0) is 16.5 Å². The number of rotatable bonds is 7. The molecule has 7 heteroatoms. The summed E-state index contributed by atoms with van der Waals surface area (Å²) in [4.78, 5) is 6.99. The number of morpholine rings is 1. The van der Waals surface area contributed by atoms with Crippen LogP contribution in [0.25, 0.3) is 0 Å². The second kappa shape index (κ2) is 8.48. The molecule has 134 valence electrons. The molecular weight excluding hydrogens is 306 g/mol. The van der Waals surface area contributed by atoms with Crippen LogP contribution in [0.2, 0.25) is 0 Å². The van der Waals surface area contributed by atoms with E-state index in [1.165, 1.54) is 12.8 Å². The lowest BCUT2D eigenvalue weighted by atomic mass is 10.1. The first kappa shape index (κ1) is 17.2. The van der Waals surface area contributed by atoms with Crippen molar-refractivity contribution in [3.63, 3.8) is 0 Å². The molecule has 0 bridgehead atoms. The van der Waals surface area contributed by atoms with Crippen LogP contribution in [0.5, 0.6) is 0 Å². The summed E-state index contributed by atoms with van der Waals surface area (Å²) in [5.41, 5.74) is 1.12. The van der Waals surface area contributed by atoms with Gasteiger partial charge in [-0.25, -0.2) is 0 Å². The van der Waals surface area contributed by atoms with Gasteiger partial charge in [-0.1, -0.05) is 0 Å². The van der Waals surface area contributed by atoms with Gasteiger partial charge in [0.15, 0.2) is 5.96 Å². The molecular formula is C17H29N5O2. The molecule has 1 saturated carbocycles. The van der Waals surface area contributed by atoms with E-state index in [1.807, 2.05) is 24.1 Å². The Hall–Kier alpha value is -1.60. The first-order valence-electron chi connectivity index (χ1n) is 8.97. The lowest BCUT2D eigenvalue weighted by Gasteiger charge is -2.34. The number of hydrogen-bond acceptors (Lipinski definition) is 4. The summed E-state index contributed by atoms with van der Waals surface area (Å²) in [6, 6.07) is 0. The minimum absolute atomic E-state index is 0.0439. The molecule has 1 aromatic heterocycles. The third-order valence-electron chi connectivity index (χ3n) is 4.35. The highest BCUT2D eigenvalue weighted by atomic mass is 16.5. The molecule has 0 radical (unpaired) electrons. The Morgan fingerprint density at radius 1 is 1.50 bits per heavy atom. The first-order chi connectivity index (χ1) is 11.8. The lowest BCUT2D eigenvalue weighted by molar-refractivity contribution is -0.00809. The third kappa shape index (κ3) is 4.95. The summed E-state index contributed by atoms with van der Waals surface area (Å²) < 4.78 is 13.4. The van der Waals surface area contributed by atoms with E-state index in [4.69, 9.17) is 14.5 Å². The molecule has 7 nitrogen and oxygen atoms in total. The second-order valence-electron chi connectivity index (χ2n) is 6.51. The number of ether oxygens (including phenoxy) is 2. The zero-order valence-corrected chi connectivity index (χ0v) is 14.8. The van der Waals surface area contributed by atoms with Crippen molar-refractivity contribution in [3.05, 3.63) is 18.0 Å². The molecule has 0 aromatic carbocycles. The summed E-state index contributed by atoms with van der Waals surface area (Å²) in [5.74, 6) is 1.76. The van der Waals surface area contributed by atoms with Gasteiger partial charge in [-0.15, -0.1) is 0 Å². The van der Waals surface area contributed by atoms with Crippen molar-refractivity contribution in [2.24, 2.45) is 18.0 Å². The van der Waals surface area contributed by atoms with E-state index in [2.05, 4.69) is 22.2 Å².